The predicted molar refractivity (Wildman–Crippen MR) is 153 cm³/mol. The van der Waals surface area contributed by atoms with Crippen LogP contribution in [0.2, 0.25) is 0 Å². The smallest absolute Gasteiger partial charge is 0.390 e. The summed E-state index contributed by atoms with van der Waals surface area (Å²) in [5.41, 5.74) is 2.12. The number of alkyl halides is 3. The van der Waals surface area contributed by atoms with Crippen molar-refractivity contribution in [2.24, 2.45) is 5.92 Å². The second-order valence-corrected chi connectivity index (χ2v) is 13.6. The van der Waals surface area contributed by atoms with E-state index in [1.54, 1.807) is 26.1 Å². The van der Waals surface area contributed by atoms with Gasteiger partial charge in [-0.05, 0) is 57.0 Å². The van der Waals surface area contributed by atoms with Crippen LogP contribution in [0.1, 0.15) is 23.4 Å². The molecule has 1 aliphatic carbocycles. The highest BCUT2D eigenvalue weighted by molar-refractivity contribution is 7.91. The first-order valence-corrected chi connectivity index (χ1v) is 15.6. The van der Waals surface area contributed by atoms with Crippen molar-refractivity contribution >= 4 is 43.2 Å². The summed E-state index contributed by atoms with van der Waals surface area (Å²) in [4.78, 5) is 17.2. The summed E-state index contributed by atoms with van der Waals surface area (Å²) in [5.74, 6) is -2.26. The van der Waals surface area contributed by atoms with Crippen LogP contribution >= 0.6 is 11.3 Å². The largest absolute Gasteiger partial charge is 0.405 e. The van der Waals surface area contributed by atoms with E-state index in [4.69, 9.17) is 0 Å². The Balaban J connectivity index is 1.47. The van der Waals surface area contributed by atoms with E-state index in [2.05, 4.69) is 30.6 Å². The molecular weight excluding hydrogens is 612 g/mol. The Hall–Kier alpha value is -3.47. The van der Waals surface area contributed by atoms with Crippen molar-refractivity contribution in [2.75, 3.05) is 22.9 Å². The average molecular weight is 641 g/mol. The number of hydrogen-bond donors (Lipinski definition) is 4. The first-order valence-electron chi connectivity index (χ1n) is 13.2. The van der Waals surface area contributed by atoms with Gasteiger partial charge in [-0.2, -0.15) is 18.2 Å². The lowest BCUT2D eigenvalue weighted by atomic mass is 10.1. The van der Waals surface area contributed by atoms with Crippen molar-refractivity contribution in [1.82, 2.24) is 19.9 Å². The van der Waals surface area contributed by atoms with Crippen molar-refractivity contribution < 1.29 is 36.2 Å². The molecule has 1 aliphatic rings. The van der Waals surface area contributed by atoms with Crippen molar-refractivity contribution in [3.05, 3.63) is 53.2 Å². The van der Waals surface area contributed by atoms with Crippen LogP contribution in [0, 0.1) is 32.5 Å². The molecule has 43 heavy (non-hydrogen) atoms. The lowest BCUT2D eigenvalue weighted by Gasteiger charge is -2.21. The number of halogens is 4. The average Bonchev–Trinajstić information content (AvgIpc) is 3.46. The van der Waals surface area contributed by atoms with Crippen molar-refractivity contribution in [1.29, 1.82) is 0 Å². The highest BCUT2D eigenvalue weighted by Crippen LogP contribution is 2.39. The van der Waals surface area contributed by atoms with Crippen molar-refractivity contribution in [3.8, 4) is 10.6 Å². The van der Waals surface area contributed by atoms with Gasteiger partial charge in [-0.3, -0.25) is 4.98 Å². The number of hydrogen-bond acceptors (Lipinski definition) is 11. The molecule has 4 atom stereocenters. The van der Waals surface area contributed by atoms with Crippen LogP contribution in [0.5, 0.6) is 0 Å². The number of nitrogens with zero attached hydrogens (tertiary/aromatic N) is 4. The molecule has 0 amide bonds. The summed E-state index contributed by atoms with van der Waals surface area (Å²) in [6.45, 7) is 3.42. The SMILES string of the molecule is Cc1cc(S(=O)(=O)C[C@H]2C[C@@H](Nc3nc(NCC(F)(F)F)nc(C)c3-c3nc4c(C)nccc4s3)[C@H](O)[C@@H]2O)ccc1F. The fraction of sp³-hybridized carbons (Fsp3) is 0.407. The molecule has 230 valence electrons. The second kappa shape index (κ2) is 11.6. The lowest BCUT2D eigenvalue weighted by Crippen LogP contribution is -2.36. The molecule has 0 spiro atoms. The molecule has 0 bridgehead atoms. The molecule has 1 aromatic carbocycles. The highest BCUT2D eigenvalue weighted by atomic mass is 32.2. The minimum atomic E-state index is -4.53. The zero-order valence-corrected chi connectivity index (χ0v) is 24.8. The molecule has 0 unspecified atom stereocenters. The summed E-state index contributed by atoms with van der Waals surface area (Å²) >= 11 is 1.29. The number of anilines is 2. The fourth-order valence-electron chi connectivity index (χ4n) is 5.08. The van der Waals surface area contributed by atoms with Gasteiger partial charge >= 0.3 is 6.18 Å². The van der Waals surface area contributed by atoms with Crippen LogP contribution in [0.15, 0.2) is 35.4 Å². The number of nitrogens with one attached hydrogen (secondary N) is 2. The number of sulfone groups is 1. The summed E-state index contributed by atoms with van der Waals surface area (Å²) < 4.78 is 79.5. The third-order valence-electron chi connectivity index (χ3n) is 7.29. The fourth-order valence-corrected chi connectivity index (χ4v) is 7.91. The van der Waals surface area contributed by atoms with E-state index in [-0.39, 0.29) is 28.6 Å². The topological polar surface area (TPSA) is 150 Å². The molecule has 10 nitrogen and oxygen atoms in total. The van der Waals surface area contributed by atoms with Gasteiger partial charge in [0.25, 0.3) is 0 Å². The minimum absolute atomic E-state index is 0.0155. The van der Waals surface area contributed by atoms with Gasteiger partial charge in [-0.25, -0.2) is 22.8 Å². The number of pyridine rings is 1. The summed E-state index contributed by atoms with van der Waals surface area (Å²) in [6.07, 6.45) is -5.80. The Labute approximate surface area is 248 Å². The first-order chi connectivity index (χ1) is 20.1. The minimum Gasteiger partial charge on any atom is -0.390 e. The van der Waals surface area contributed by atoms with E-state index in [0.29, 0.717) is 27.5 Å². The first kappa shape index (κ1) is 31.0. The molecule has 3 aromatic heterocycles. The number of aliphatic hydroxyl groups excluding tert-OH is 2. The van der Waals surface area contributed by atoms with Gasteiger partial charge in [0.1, 0.15) is 34.8 Å². The standard InChI is InChI=1S/C27H28F4N6O4S2/c1-12-8-16(4-5-17(12)28)43(40,41)10-15-9-18(23(39)22(15)38)35-24-20(13(2)34-26(37-24)33-11-27(29,30)31)25-36-21-14(3)32-7-6-19(21)42-25/h4-8,15,18,22-23,38-39H,9-11H2,1-3H3,(H2,33,34,35,37)/t15-,18-,22-,23+/m1/s1. The molecule has 4 aromatic rings. The van der Waals surface area contributed by atoms with E-state index < -0.39 is 58.3 Å². The third-order valence-corrected chi connectivity index (χ3v) is 10.2. The van der Waals surface area contributed by atoms with E-state index >= 15 is 0 Å². The van der Waals surface area contributed by atoms with Crippen LogP contribution < -0.4 is 10.6 Å². The van der Waals surface area contributed by atoms with Crippen molar-refractivity contribution in [2.45, 2.75) is 56.5 Å². The number of fused-ring (bicyclic) bond motifs is 1. The maximum atomic E-state index is 13.7. The number of aromatic nitrogens is 4. The number of rotatable bonds is 8. The summed E-state index contributed by atoms with van der Waals surface area (Å²) in [6, 6.07) is 4.25. The number of thiazole rings is 1. The summed E-state index contributed by atoms with van der Waals surface area (Å²) in [5, 5.41) is 27.4. The quantitative estimate of drug-likeness (QED) is 0.163. The van der Waals surface area contributed by atoms with Crippen LogP contribution in [0.25, 0.3) is 20.8 Å². The van der Waals surface area contributed by atoms with Gasteiger partial charge in [-0.15, -0.1) is 11.3 Å². The van der Waals surface area contributed by atoms with Gasteiger partial charge in [0.15, 0.2) is 9.84 Å². The molecule has 16 heteroatoms. The molecule has 5 rings (SSSR count). The predicted octanol–water partition coefficient (Wildman–Crippen LogP) is 4.18. The zero-order valence-electron chi connectivity index (χ0n) is 23.1. The molecule has 4 N–H and O–H groups in total. The maximum absolute atomic E-state index is 13.7. The van der Waals surface area contributed by atoms with Crippen LogP contribution in [0.4, 0.5) is 29.3 Å². The van der Waals surface area contributed by atoms with E-state index in [9.17, 15) is 36.2 Å². The Morgan fingerprint density at radius 3 is 2.47 bits per heavy atom. The molecule has 3 heterocycles. The van der Waals surface area contributed by atoms with Gasteiger partial charge in [0.05, 0.1) is 44.4 Å². The summed E-state index contributed by atoms with van der Waals surface area (Å²) in [7, 11) is -3.96. The van der Waals surface area contributed by atoms with Crippen molar-refractivity contribution in [3.63, 3.8) is 0 Å². The monoisotopic (exact) mass is 640 g/mol. The Bertz CT molecular complexity index is 1780. The van der Waals surface area contributed by atoms with E-state index in [1.807, 2.05) is 0 Å². The number of benzene rings is 1. The Morgan fingerprint density at radius 1 is 1.05 bits per heavy atom. The lowest BCUT2D eigenvalue weighted by molar-refractivity contribution is -0.115. The maximum Gasteiger partial charge on any atom is 0.405 e. The van der Waals surface area contributed by atoms with E-state index in [1.165, 1.54) is 24.3 Å². The molecule has 0 saturated heterocycles. The van der Waals surface area contributed by atoms with Gasteiger partial charge in [-0.1, -0.05) is 0 Å². The van der Waals surface area contributed by atoms with Gasteiger partial charge in [0.2, 0.25) is 5.95 Å². The van der Waals surface area contributed by atoms with Gasteiger partial charge < -0.3 is 20.8 Å². The molecule has 0 radical (unpaired) electrons. The van der Waals surface area contributed by atoms with Crippen LogP contribution in [-0.4, -0.2) is 75.3 Å². The van der Waals surface area contributed by atoms with Gasteiger partial charge in [0, 0.05) is 12.1 Å². The zero-order chi connectivity index (χ0) is 31.3. The number of aliphatic hydroxyl groups is 2. The van der Waals surface area contributed by atoms with Crippen LogP contribution in [0.3, 0.4) is 0 Å². The molecule has 1 fully saturated rings. The van der Waals surface area contributed by atoms with Crippen LogP contribution in [-0.2, 0) is 9.84 Å². The second-order valence-electron chi connectivity index (χ2n) is 10.5. The highest BCUT2D eigenvalue weighted by Gasteiger charge is 2.44. The number of aryl methyl sites for hydroxylation is 3. The Morgan fingerprint density at radius 2 is 1.79 bits per heavy atom. The third kappa shape index (κ3) is 6.56. The normalized spacial score (nSPS) is 21.0. The molecular formula is C27H28F4N6O4S2. The van der Waals surface area contributed by atoms with E-state index in [0.717, 1.165) is 16.8 Å². The molecule has 0 aliphatic heterocycles. The Kier molecular flexibility index (Phi) is 8.32. The molecule has 1 saturated carbocycles.